The molecule has 1 saturated heterocycles. The Morgan fingerprint density at radius 2 is 2.19 bits per heavy atom. The van der Waals surface area contributed by atoms with Crippen LogP contribution in [-0.2, 0) is 9.47 Å². The summed E-state index contributed by atoms with van der Waals surface area (Å²) in [6, 6.07) is 3.90. The maximum absolute atomic E-state index is 13.8. The van der Waals surface area contributed by atoms with Gasteiger partial charge in [0.15, 0.2) is 0 Å². The van der Waals surface area contributed by atoms with Crippen LogP contribution in [0.15, 0.2) is 29.2 Å². The number of halogens is 1. The van der Waals surface area contributed by atoms with Crippen LogP contribution < -0.4 is 10.7 Å². The molecule has 2 atom stereocenters. The van der Waals surface area contributed by atoms with Gasteiger partial charge in [0.05, 0.1) is 24.3 Å². The number of rotatable bonds is 5. The lowest BCUT2D eigenvalue weighted by atomic mass is 10.1. The van der Waals surface area contributed by atoms with E-state index in [0.29, 0.717) is 32.2 Å². The SMILES string of the molecule is O=C(N[C@@H]1COCC[C@@H]1OCC1CC1)c1c[nH]c2c(F)cccc2c1=O. The fourth-order valence-corrected chi connectivity index (χ4v) is 3.23. The van der Waals surface area contributed by atoms with Crippen molar-refractivity contribution in [1.29, 1.82) is 0 Å². The molecule has 0 spiro atoms. The van der Waals surface area contributed by atoms with Crippen LogP contribution in [0, 0.1) is 11.7 Å². The molecule has 7 heteroatoms. The molecular formula is C19H21FN2O4. The molecule has 138 valence electrons. The first-order valence-electron chi connectivity index (χ1n) is 8.93. The number of pyridine rings is 1. The molecular weight excluding hydrogens is 339 g/mol. The normalized spacial score (nSPS) is 23.1. The molecule has 0 radical (unpaired) electrons. The number of fused-ring (bicyclic) bond motifs is 1. The van der Waals surface area contributed by atoms with E-state index in [9.17, 15) is 14.0 Å². The van der Waals surface area contributed by atoms with E-state index in [1.54, 1.807) is 0 Å². The van der Waals surface area contributed by atoms with Gasteiger partial charge in [-0.3, -0.25) is 9.59 Å². The van der Waals surface area contributed by atoms with Crippen molar-refractivity contribution in [2.45, 2.75) is 31.4 Å². The summed E-state index contributed by atoms with van der Waals surface area (Å²) in [6.07, 6.45) is 4.24. The molecule has 6 nitrogen and oxygen atoms in total. The monoisotopic (exact) mass is 360 g/mol. The van der Waals surface area contributed by atoms with E-state index in [1.165, 1.54) is 37.2 Å². The molecule has 2 aromatic rings. The molecule has 0 bridgehead atoms. The zero-order valence-corrected chi connectivity index (χ0v) is 14.3. The first-order chi connectivity index (χ1) is 12.6. The van der Waals surface area contributed by atoms with Gasteiger partial charge in [-0.1, -0.05) is 6.07 Å². The molecule has 2 heterocycles. The number of benzene rings is 1. The Morgan fingerprint density at radius 1 is 1.35 bits per heavy atom. The predicted octanol–water partition coefficient (Wildman–Crippen LogP) is 1.98. The van der Waals surface area contributed by atoms with Crippen molar-refractivity contribution < 1.29 is 18.7 Å². The number of amides is 1. The Balaban J connectivity index is 1.52. The topological polar surface area (TPSA) is 80.4 Å². The number of para-hydroxylation sites is 1. The largest absolute Gasteiger partial charge is 0.379 e. The summed E-state index contributed by atoms with van der Waals surface area (Å²) in [5.74, 6) is -0.402. The Labute approximate surface area is 149 Å². The Hall–Kier alpha value is -2.25. The summed E-state index contributed by atoms with van der Waals surface area (Å²) in [6.45, 7) is 1.64. The standard InChI is InChI=1S/C19H21FN2O4/c20-14-3-1-2-12-17(14)21-8-13(18(12)23)19(24)22-15-10-25-7-6-16(15)26-9-11-4-5-11/h1-3,8,11,15-16H,4-7,9-10H2,(H,21,23)(H,22,24)/t15-,16+/m1/s1. The highest BCUT2D eigenvalue weighted by Gasteiger charge is 2.31. The zero-order chi connectivity index (χ0) is 18.1. The van der Waals surface area contributed by atoms with Crippen LogP contribution >= 0.6 is 0 Å². The van der Waals surface area contributed by atoms with Gasteiger partial charge in [-0.25, -0.2) is 4.39 Å². The first-order valence-corrected chi connectivity index (χ1v) is 8.93. The van der Waals surface area contributed by atoms with Gasteiger partial charge in [-0.05, 0) is 37.3 Å². The highest BCUT2D eigenvalue weighted by Crippen LogP contribution is 2.30. The van der Waals surface area contributed by atoms with E-state index < -0.39 is 17.2 Å². The number of carbonyl (C=O) groups is 1. The number of hydrogen-bond acceptors (Lipinski definition) is 4. The van der Waals surface area contributed by atoms with Gasteiger partial charge >= 0.3 is 0 Å². The van der Waals surface area contributed by atoms with Crippen LogP contribution in [0.25, 0.3) is 10.9 Å². The van der Waals surface area contributed by atoms with Gasteiger partial charge in [0.25, 0.3) is 5.91 Å². The van der Waals surface area contributed by atoms with E-state index in [2.05, 4.69) is 10.3 Å². The highest BCUT2D eigenvalue weighted by atomic mass is 19.1. The number of H-pyrrole nitrogens is 1. The van der Waals surface area contributed by atoms with Crippen molar-refractivity contribution in [3.8, 4) is 0 Å². The summed E-state index contributed by atoms with van der Waals surface area (Å²) in [5.41, 5.74) is -0.446. The minimum atomic E-state index is -0.527. The van der Waals surface area contributed by atoms with E-state index in [-0.39, 0.29) is 28.6 Å². The lowest BCUT2D eigenvalue weighted by Crippen LogP contribution is -2.51. The molecule has 26 heavy (non-hydrogen) atoms. The maximum atomic E-state index is 13.8. The van der Waals surface area contributed by atoms with Crippen molar-refractivity contribution in [3.63, 3.8) is 0 Å². The molecule has 4 rings (SSSR count). The van der Waals surface area contributed by atoms with Crippen LogP contribution in [0.1, 0.15) is 29.6 Å². The van der Waals surface area contributed by atoms with Crippen LogP contribution in [0.3, 0.4) is 0 Å². The van der Waals surface area contributed by atoms with Crippen molar-refractivity contribution in [3.05, 3.63) is 46.0 Å². The fourth-order valence-electron chi connectivity index (χ4n) is 3.23. The summed E-state index contributed by atoms with van der Waals surface area (Å²) in [5, 5.41) is 3.00. The number of hydrogen-bond donors (Lipinski definition) is 2. The average molecular weight is 360 g/mol. The number of ether oxygens (including phenoxy) is 2. The Kier molecular flexibility index (Phi) is 4.74. The third-order valence-electron chi connectivity index (χ3n) is 4.96. The predicted molar refractivity (Wildman–Crippen MR) is 93.7 cm³/mol. The summed E-state index contributed by atoms with van der Waals surface area (Å²) in [7, 11) is 0. The van der Waals surface area contributed by atoms with Crippen LogP contribution in [0.2, 0.25) is 0 Å². The van der Waals surface area contributed by atoms with Gasteiger partial charge in [0, 0.05) is 24.8 Å². The first kappa shape index (κ1) is 17.2. The molecule has 1 aliphatic carbocycles. The lowest BCUT2D eigenvalue weighted by molar-refractivity contribution is -0.0567. The molecule has 1 aromatic carbocycles. The lowest BCUT2D eigenvalue weighted by Gasteiger charge is -2.32. The Bertz CT molecular complexity index is 877. The van der Waals surface area contributed by atoms with Gasteiger partial charge in [0.1, 0.15) is 11.4 Å². The maximum Gasteiger partial charge on any atom is 0.257 e. The van der Waals surface area contributed by atoms with Gasteiger partial charge < -0.3 is 19.8 Å². The molecule has 1 aliphatic heterocycles. The molecule has 1 saturated carbocycles. The summed E-state index contributed by atoms with van der Waals surface area (Å²) in [4.78, 5) is 27.9. The van der Waals surface area contributed by atoms with Gasteiger partial charge in [-0.2, -0.15) is 0 Å². The molecule has 1 amide bonds. The van der Waals surface area contributed by atoms with Crippen LogP contribution in [0.5, 0.6) is 0 Å². The number of aromatic amines is 1. The van der Waals surface area contributed by atoms with Crippen molar-refractivity contribution in [2.75, 3.05) is 19.8 Å². The minimum Gasteiger partial charge on any atom is -0.379 e. The van der Waals surface area contributed by atoms with Crippen molar-refractivity contribution >= 4 is 16.8 Å². The second-order valence-electron chi connectivity index (χ2n) is 6.95. The molecule has 2 N–H and O–H groups in total. The molecule has 1 aromatic heterocycles. The van der Waals surface area contributed by atoms with E-state index in [4.69, 9.17) is 9.47 Å². The van der Waals surface area contributed by atoms with Crippen molar-refractivity contribution in [2.24, 2.45) is 5.92 Å². The Morgan fingerprint density at radius 3 is 3.00 bits per heavy atom. The van der Waals surface area contributed by atoms with E-state index in [1.807, 2.05) is 0 Å². The van der Waals surface area contributed by atoms with Crippen molar-refractivity contribution in [1.82, 2.24) is 10.3 Å². The number of carbonyl (C=O) groups excluding carboxylic acids is 1. The number of aromatic nitrogens is 1. The third-order valence-corrected chi connectivity index (χ3v) is 4.96. The molecule has 2 fully saturated rings. The third kappa shape index (κ3) is 3.50. The van der Waals surface area contributed by atoms with E-state index in [0.717, 1.165) is 0 Å². The van der Waals surface area contributed by atoms with Gasteiger partial charge in [0.2, 0.25) is 5.43 Å². The van der Waals surface area contributed by atoms with E-state index >= 15 is 0 Å². The minimum absolute atomic E-state index is 0.0467. The zero-order valence-electron chi connectivity index (χ0n) is 14.3. The number of nitrogens with one attached hydrogen (secondary N) is 2. The van der Waals surface area contributed by atoms with Crippen LogP contribution in [0.4, 0.5) is 4.39 Å². The summed E-state index contributed by atoms with van der Waals surface area (Å²) >= 11 is 0. The summed E-state index contributed by atoms with van der Waals surface area (Å²) < 4.78 is 25.2. The quantitative estimate of drug-likeness (QED) is 0.854. The fraction of sp³-hybridized carbons (Fsp3) is 0.474. The second-order valence-corrected chi connectivity index (χ2v) is 6.95. The molecule has 2 aliphatic rings. The highest BCUT2D eigenvalue weighted by molar-refractivity contribution is 5.97. The molecule has 0 unspecified atom stereocenters. The van der Waals surface area contributed by atoms with Gasteiger partial charge in [-0.15, -0.1) is 0 Å². The van der Waals surface area contributed by atoms with Crippen LogP contribution in [-0.4, -0.2) is 42.9 Å². The average Bonchev–Trinajstić information content (AvgIpc) is 3.46. The smallest absolute Gasteiger partial charge is 0.257 e. The second kappa shape index (κ2) is 7.17.